The van der Waals surface area contributed by atoms with Gasteiger partial charge >= 0.3 is 0 Å². The number of hydrogen-bond donors (Lipinski definition) is 0. The van der Waals surface area contributed by atoms with Gasteiger partial charge in [0.1, 0.15) is 6.26 Å². The number of piperidine rings is 1. The fourth-order valence-electron chi connectivity index (χ4n) is 5.95. The average Bonchev–Trinajstić information content (AvgIpc) is 3.58. The zero-order valence-corrected chi connectivity index (χ0v) is 20.7. The molecule has 2 aromatic heterocycles. The lowest BCUT2D eigenvalue weighted by Gasteiger charge is -2.45. The van der Waals surface area contributed by atoms with Crippen molar-refractivity contribution in [2.75, 3.05) is 26.3 Å². The third-order valence-electron chi connectivity index (χ3n) is 8.30. The van der Waals surface area contributed by atoms with Gasteiger partial charge in [0.25, 0.3) is 5.89 Å². The molecule has 6 rings (SSSR count). The molecule has 8 nitrogen and oxygen atoms in total. The number of carbonyl (C=O) groups excluding carboxylic acids is 1. The van der Waals surface area contributed by atoms with Crippen LogP contribution in [0.1, 0.15) is 68.1 Å². The molecular formula is C28H34N4O4. The average molecular weight is 491 g/mol. The Morgan fingerprint density at radius 1 is 1.03 bits per heavy atom. The number of aromatic nitrogens is 3. The molecule has 1 aliphatic carbocycles. The number of carbonyl (C=O) groups is 1. The second-order valence-electron chi connectivity index (χ2n) is 10.7. The zero-order chi connectivity index (χ0) is 24.4. The first kappa shape index (κ1) is 23.4. The van der Waals surface area contributed by atoms with E-state index in [1.54, 1.807) is 6.26 Å². The van der Waals surface area contributed by atoms with Crippen molar-refractivity contribution >= 4 is 5.91 Å². The highest BCUT2D eigenvalue weighted by atomic mass is 16.5. The minimum atomic E-state index is -0.197. The minimum absolute atomic E-state index is 0.197. The molecule has 190 valence electrons. The van der Waals surface area contributed by atoms with Gasteiger partial charge in [0.05, 0.1) is 5.41 Å². The van der Waals surface area contributed by atoms with Gasteiger partial charge < -0.3 is 18.6 Å². The van der Waals surface area contributed by atoms with E-state index in [-0.39, 0.29) is 11.3 Å². The SMILES string of the molecule is O=C(N1CCC(Cc2noc(-c3coc(C4CCOCC4)n3)n2)CC1)C1(Cc2ccccc2)CCC1. The van der Waals surface area contributed by atoms with E-state index in [0.717, 1.165) is 90.0 Å². The topological polar surface area (TPSA) is 94.5 Å². The van der Waals surface area contributed by atoms with Crippen molar-refractivity contribution in [2.24, 2.45) is 11.3 Å². The van der Waals surface area contributed by atoms with Crippen LogP contribution in [0.5, 0.6) is 0 Å². The molecule has 0 spiro atoms. The molecule has 1 amide bonds. The van der Waals surface area contributed by atoms with E-state index in [1.165, 1.54) is 5.56 Å². The second kappa shape index (κ2) is 10.2. The first-order valence-corrected chi connectivity index (χ1v) is 13.4. The highest BCUT2D eigenvalue weighted by molar-refractivity contribution is 5.84. The van der Waals surface area contributed by atoms with E-state index >= 15 is 0 Å². The van der Waals surface area contributed by atoms with E-state index in [9.17, 15) is 4.79 Å². The molecule has 2 aliphatic heterocycles. The van der Waals surface area contributed by atoms with Gasteiger partial charge in [-0.05, 0) is 56.4 Å². The van der Waals surface area contributed by atoms with Crippen LogP contribution in [0.3, 0.4) is 0 Å². The van der Waals surface area contributed by atoms with Crippen LogP contribution in [-0.2, 0) is 22.4 Å². The quantitative estimate of drug-likeness (QED) is 0.469. The Morgan fingerprint density at radius 2 is 1.81 bits per heavy atom. The molecule has 1 aromatic carbocycles. The predicted octanol–water partition coefficient (Wildman–Crippen LogP) is 4.81. The summed E-state index contributed by atoms with van der Waals surface area (Å²) >= 11 is 0. The van der Waals surface area contributed by atoms with Crippen molar-refractivity contribution in [3.8, 4) is 11.6 Å². The third kappa shape index (κ3) is 4.83. The molecule has 0 radical (unpaired) electrons. The molecule has 3 fully saturated rings. The molecule has 1 saturated carbocycles. The molecular weight excluding hydrogens is 456 g/mol. The number of benzene rings is 1. The van der Waals surface area contributed by atoms with Crippen LogP contribution in [-0.4, -0.2) is 52.2 Å². The largest absolute Gasteiger partial charge is 0.448 e. The Bertz CT molecular complexity index is 1160. The standard InChI is InChI=1S/C28H34N4O4/c33-27(28(11-4-12-28)18-21-5-2-1-3-6-21)32-13-7-20(8-14-32)17-24-30-26(36-31-24)23-19-35-25(29-23)22-9-15-34-16-10-22/h1-3,5-6,19-20,22H,4,7-18H2. The van der Waals surface area contributed by atoms with Gasteiger partial charge in [-0.3, -0.25) is 4.79 Å². The molecule has 4 heterocycles. The normalized spacial score (nSPS) is 20.8. The lowest BCUT2D eigenvalue weighted by atomic mass is 9.64. The van der Waals surface area contributed by atoms with E-state index in [1.807, 2.05) is 6.07 Å². The summed E-state index contributed by atoms with van der Waals surface area (Å²) in [4.78, 5) is 24.8. The number of nitrogens with zero attached hydrogens (tertiary/aromatic N) is 4. The Morgan fingerprint density at radius 3 is 2.53 bits per heavy atom. The van der Waals surface area contributed by atoms with Gasteiger partial charge in [-0.1, -0.05) is 41.9 Å². The fraction of sp³-hybridized carbons (Fsp3) is 0.571. The molecule has 0 bridgehead atoms. The Labute approximate surface area is 211 Å². The van der Waals surface area contributed by atoms with Gasteiger partial charge in [0.15, 0.2) is 17.4 Å². The summed E-state index contributed by atoms with van der Waals surface area (Å²) in [6.45, 7) is 3.10. The van der Waals surface area contributed by atoms with E-state index in [4.69, 9.17) is 13.7 Å². The van der Waals surface area contributed by atoms with Gasteiger partial charge in [0, 0.05) is 38.6 Å². The lowest BCUT2D eigenvalue weighted by molar-refractivity contribution is -0.149. The van der Waals surface area contributed by atoms with Crippen LogP contribution >= 0.6 is 0 Å². The van der Waals surface area contributed by atoms with Gasteiger partial charge in [-0.2, -0.15) is 4.98 Å². The predicted molar refractivity (Wildman–Crippen MR) is 132 cm³/mol. The van der Waals surface area contributed by atoms with Crippen LogP contribution in [0, 0.1) is 11.3 Å². The smallest absolute Gasteiger partial charge is 0.279 e. The summed E-state index contributed by atoms with van der Waals surface area (Å²) < 4.78 is 16.6. The molecule has 0 unspecified atom stereocenters. The molecule has 0 N–H and O–H groups in total. The van der Waals surface area contributed by atoms with Crippen molar-refractivity contribution in [1.29, 1.82) is 0 Å². The number of likely N-dealkylation sites (tertiary alicyclic amines) is 1. The summed E-state index contributed by atoms with van der Waals surface area (Å²) in [7, 11) is 0. The Kier molecular flexibility index (Phi) is 6.61. The number of amides is 1. The monoisotopic (exact) mass is 490 g/mol. The van der Waals surface area contributed by atoms with Crippen LogP contribution in [0.15, 0.2) is 45.5 Å². The zero-order valence-electron chi connectivity index (χ0n) is 20.7. The molecule has 3 aliphatic rings. The molecule has 2 saturated heterocycles. The van der Waals surface area contributed by atoms with E-state index < -0.39 is 0 Å². The molecule has 0 atom stereocenters. The van der Waals surface area contributed by atoms with Crippen LogP contribution in [0.4, 0.5) is 0 Å². The summed E-state index contributed by atoms with van der Waals surface area (Å²) in [6.07, 6.45) is 10.2. The van der Waals surface area contributed by atoms with Crippen LogP contribution in [0.25, 0.3) is 11.6 Å². The van der Waals surface area contributed by atoms with Crippen molar-refractivity contribution in [3.05, 3.63) is 53.9 Å². The van der Waals surface area contributed by atoms with Crippen LogP contribution in [0.2, 0.25) is 0 Å². The Hall–Kier alpha value is -3.00. The highest BCUT2D eigenvalue weighted by Crippen LogP contribution is 2.46. The maximum Gasteiger partial charge on any atom is 0.279 e. The third-order valence-corrected chi connectivity index (χ3v) is 8.30. The molecule has 36 heavy (non-hydrogen) atoms. The van der Waals surface area contributed by atoms with E-state index in [0.29, 0.717) is 29.2 Å². The maximum atomic E-state index is 13.5. The first-order valence-electron chi connectivity index (χ1n) is 13.4. The summed E-state index contributed by atoms with van der Waals surface area (Å²) in [5.41, 5.74) is 1.66. The van der Waals surface area contributed by atoms with Gasteiger partial charge in [-0.15, -0.1) is 0 Å². The Balaban J connectivity index is 1.03. The molecule has 3 aromatic rings. The maximum absolute atomic E-state index is 13.5. The van der Waals surface area contributed by atoms with Gasteiger partial charge in [0.2, 0.25) is 5.91 Å². The summed E-state index contributed by atoms with van der Waals surface area (Å²) in [5.74, 6) is 2.92. The van der Waals surface area contributed by atoms with Crippen molar-refractivity contribution in [1.82, 2.24) is 20.0 Å². The summed E-state index contributed by atoms with van der Waals surface area (Å²) in [6, 6.07) is 10.4. The van der Waals surface area contributed by atoms with Gasteiger partial charge in [-0.25, -0.2) is 4.98 Å². The summed E-state index contributed by atoms with van der Waals surface area (Å²) in [5, 5.41) is 4.20. The fourth-order valence-corrected chi connectivity index (χ4v) is 5.95. The van der Waals surface area contributed by atoms with Crippen molar-refractivity contribution in [3.63, 3.8) is 0 Å². The second-order valence-corrected chi connectivity index (χ2v) is 10.7. The minimum Gasteiger partial charge on any atom is -0.448 e. The molecule has 8 heteroatoms. The van der Waals surface area contributed by atoms with Crippen LogP contribution < -0.4 is 0 Å². The lowest BCUT2D eigenvalue weighted by Crippen LogP contribution is -2.51. The number of rotatable bonds is 7. The highest BCUT2D eigenvalue weighted by Gasteiger charge is 2.46. The number of hydrogen-bond acceptors (Lipinski definition) is 7. The van der Waals surface area contributed by atoms with E-state index in [2.05, 4.69) is 44.3 Å². The van der Waals surface area contributed by atoms with Crippen molar-refractivity contribution in [2.45, 2.75) is 63.7 Å². The first-order chi connectivity index (χ1) is 17.7. The number of oxazole rings is 1. The van der Waals surface area contributed by atoms with Crippen molar-refractivity contribution < 1.29 is 18.5 Å². The number of ether oxygens (including phenoxy) is 1.